The molecule has 0 heterocycles. The summed E-state index contributed by atoms with van der Waals surface area (Å²) < 4.78 is 40.6. The lowest BCUT2D eigenvalue weighted by Gasteiger charge is -2.22. The van der Waals surface area contributed by atoms with Crippen LogP contribution in [-0.2, 0) is 0 Å². The van der Waals surface area contributed by atoms with E-state index in [0.717, 1.165) is 16.0 Å². The van der Waals surface area contributed by atoms with Crippen LogP contribution in [0.2, 0.25) is 0 Å². The number of rotatable bonds is 4. The summed E-state index contributed by atoms with van der Waals surface area (Å²) in [6.45, 7) is 6.34. The number of halogens is 4. The maximum Gasteiger partial charge on any atom is 0.573 e. The molecule has 0 unspecified atom stereocenters. The van der Waals surface area contributed by atoms with E-state index >= 15 is 0 Å². The number of ether oxygens (including phenoxy) is 1. The molecule has 2 rings (SSSR count). The van der Waals surface area contributed by atoms with Crippen molar-refractivity contribution in [3.8, 4) is 5.75 Å². The van der Waals surface area contributed by atoms with Gasteiger partial charge in [0.25, 0.3) is 0 Å². The molecule has 0 saturated heterocycles. The largest absolute Gasteiger partial charge is 0.573 e. The van der Waals surface area contributed by atoms with Crippen LogP contribution >= 0.6 is 24.2 Å². The average molecular weight is 392 g/mol. The van der Waals surface area contributed by atoms with Gasteiger partial charge in [0.05, 0.1) is 6.04 Å². The molecule has 0 bridgehead atoms. The molecule has 0 aromatic heterocycles. The van der Waals surface area contributed by atoms with Crippen molar-refractivity contribution >= 4 is 24.2 Å². The predicted molar refractivity (Wildman–Crippen MR) is 98.5 cm³/mol. The van der Waals surface area contributed by atoms with E-state index in [0.29, 0.717) is 0 Å². The van der Waals surface area contributed by atoms with E-state index in [1.807, 2.05) is 24.3 Å². The van der Waals surface area contributed by atoms with Gasteiger partial charge in [0.2, 0.25) is 0 Å². The topological polar surface area (TPSA) is 35.2 Å². The van der Waals surface area contributed by atoms with Crippen molar-refractivity contribution < 1.29 is 17.9 Å². The van der Waals surface area contributed by atoms with Gasteiger partial charge in [0.15, 0.2) is 0 Å². The molecule has 2 aromatic carbocycles. The van der Waals surface area contributed by atoms with Gasteiger partial charge in [0, 0.05) is 9.64 Å². The van der Waals surface area contributed by atoms with Crippen LogP contribution in [0.3, 0.4) is 0 Å². The summed E-state index contributed by atoms with van der Waals surface area (Å²) in [5.41, 5.74) is 8.01. The maximum atomic E-state index is 12.2. The molecule has 2 N–H and O–H groups in total. The summed E-state index contributed by atoms with van der Waals surface area (Å²) in [6.07, 6.45) is -4.69. The summed E-state index contributed by atoms with van der Waals surface area (Å²) in [7, 11) is 0. The Morgan fingerprint density at radius 3 is 2.04 bits per heavy atom. The monoisotopic (exact) mass is 391 g/mol. The molecule has 0 fully saturated rings. The molecule has 7 heteroatoms. The highest BCUT2D eigenvalue weighted by Crippen LogP contribution is 2.37. The first-order valence-electron chi connectivity index (χ1n) is 7.44. The number of hydrogen-bond acceptors (Lipinski definition) is 3. The maximum absolute atomic E-state index is 12.2. The fourth-order valence-electron chi connectivity index (χ4n) is 2.22. The molecule has 0 saturated carbocycles. The standard InChI is InChI=1S/C18H20F3NOS.ClH/c1-17(2,3)24-15-7-5-4-6-14(15)16(22)12-8-10-13(11-9-12)23-18(19,20)21;/h4-11,16H,22H2,1-3H3;1H/t16-;/m1./s1. The zero-order chi connectivity index (χ0) is 18.0. The van der Waals surface area contributed by atoms with Gasteiger partial charge in [-0.05, 0) is 29.3 Å². The fraction of sp³-hybridized carbons (Fsp3) is 0.333. The van der Waals surface area contributed by atoms with Crippen LogP contribution < -0.4 is 10.5 Å². The number of alkyl halides is 3. The van der Waals surface area contributed by atoms with Gasteiger partial charge < -0.3 is 10.5 Å². The molecule has 0 amide bonds. The highest BCUT2D eigenvalue weighted by atomic mass is 35.5. The van der Waals surface area contributed by atoms with Crippen molar-refractivity contribution in [3.63, 3.8) is 0 Å². The quantitative estimate of drug-likeness (QED) is 0.654. The van der Waals surface area contributed by atoms with Crippen LogP contribution in [0.1, 0.15) is 37.9 Å². The van der Waals surface area contributed by atoms with Crippen LogP contribution in [0.15, 0.2) is 53.4 Å². The summed E-state index contributed by atoms with van der Waals surface area (Å²) in [4.78, 5) is 1.06. The molecule has 2 nitrogen and oxygen atoms in total. The molecular weight excluding hydrogens is 371 g/mol. The Morgan fingerprint density at radius 1 is 0.960 bits per heavy atom. The summed E-state index contributed by atoms with van der Waals surface area (Å²) in [5, 5.41) is 0. The third kappa shape index (κ3) is 6.80. The van der Waals surface area contributed by atoms with Gasteiger partial charge in [-0.2, -0.15) is 0 Å². The van der Waals surface area contributed by atoms with Crippen LogP contribution in [-0.4, -0.2) is 11.1 Å². The van der Waals surface area contributed by atoms with Crippen molar-refractivity contribution in [2.24, 2.45) is 5.73 Å². The molecule has 138 valence electrons. The van der Waals surface area contributed by atoms with Crippen molar-refractivity contribution in [3.05, 3.63) is 59.7 Å². The molecule has 0 aliphatic carbocycles. The Labute approximate surface area is 156 Å². The lowest BCUT2D eigenvalue weighted by molar-refractivity contribution is -0.274. The SMILES string of the molecule is CC(C)(C)Sc1ccccc1[C@H](N)c1ccc(OC(F)(F)F)cc1.Cl. The summed E-state index contributed by atoms with van der Waals surface area (Å²) >= 11 is 1.71. The number of hydrogen-bond donors (Lipinski definition) is 1. The van der Waals surface area contributed by atoms with Gasteiger partial charge in [-0.3, -0.25) is 0 Å². The van der Waals surface area contributed by atoms with Gasteiger partial charge in [-0.25, -0.2) is 0 Å². The first kappa shape index (κ1) is 21.7. The number of benzene rings is 2. The second-order valence-electron chi connectivity index (χ2n) is 6.35. The zero-order valence-corrected chi connectivity index (χ0v) is 15.8. The van der Waals surface area contributed by atoms with Gasteiger partial charge in [-0.15, -0.1) is 37.3 Å². The van der Waals surface area contributed by atoms with Crippen LogP contribution in [0.4, 0.5) is 13.2 Å². The van der Waals surface area contributed by atoms with E-state index in [4.69, 9.17) is 5.73 Å². The van der Waals surface area contributed by atoms with Crippen molar-refractivity contribution in [2.75, 3.05) is 0 Å². The van der Waals surface area contributed by atoms with Crippen LogP contribution in [0.25, 0.3) is 0 Å². The van der Waals surface area contributed by atoms with Gasteiger partial charge in [-0.1, -0.05) is 51.1 Å². The first-order valence-corrected chi connectivity index (χ1v) is 8.26. The van der Waals surface area contributed by atoms with E-state index in [2.05, 4.69) is 25.5 Å². The average Bonchev–Trinajstić information content (AvgIpc) is 2.44. The van der Waals surface area contributed by atoms with E-state index in [9.17, 15) is 13.2 Å². The molecule has 2 aromatic rings. The summed E-state index contributed by atoms with van der Waals surface area (Å²) in [6, 6.07) is 13.1. The lowest BCUT2D eigenvalue weighted by Crippen LogP contribution is -2.17. The molecule has 0 spiro atoms. The van der Waals surface area contributed by atoms with Crippen molar-refractivity contribution in [2.45, 2.75) is 42.8 Å². The molecule has 0 radical (unpaired) electrons. The fourth-order valence-corrected chi connectivity index (χ4v) is 3.34. The van der Waals surface area contributed by atoms with Crippen molar-refractivity contribution in [1.29, 1.82) is 0 Å². The predicted octanol–water partition coefficient (Wildman–Crippen LogP) is 5.95. The Balaban J connectivity index is 0.00000312. The highest BCUT2D eigenvalue weighted by Gasteiger charge is 2.31. The van der Waals surface area contributed by atoms with E-state index in [-0.39, 0.29) is 22.9 Å². The molecule has 1 atom stereocenters. The Morgan fingerprint density at radius 2 is 1.52 bits per heavy atom. The second-order valence-corrected chi connectivity index (χ2v) is 8.22. The van der Waals surface area contributed by atoms with E-state index in [1.165, 1.54) is 12.1 Å². The Kier molecular flexibility index (Phi) is 7.23. The lowest BCUT2D eigenvalue weighted by atomic mass is 9.99. The van der Waals surface area contributed by atoms with Crippen molar-refractivity contribution in [1.82, 2.24) is 0 Å². The number of nitrogens with two attached hydrogens (primary N) is 1. The minimum atomic E-state index is -4.69. The Hall–Kier alpha value is -1.37. The van der Waals surface area contributed by atoms with E-state index < -0.39 is 12.4 Å². The second kappa shape index (κ2) is 8.34. The minimum absolute atomic E-state index is 0. The van der Waals surface area contributed by atoms with E-state index in [1.54, 1.807) is 23.9 Å². The molecule has 0 aliphatic rings. The number of thioether (sulfide) groups is 1. The summed E-state index contributed by atoms with van der Waals surface area (Å²) in [5.74, 6) is -0.254. The third-order valence-corrected chi connectivity index (χ3v) is 4.35. The highest BCUT2D eigenvalue weighted by molar-refractivity contribution is 8.00. The first-order chi connectivity index (χ1) is 11.1. The molecular formula is C18H21ClF3NOS. The minimum Gasteiger partial charge on any atom is -0.406 e. The zero-order valence-electron chi connectivity index (χ0n) is 14.1. The molecule has 25 heavy (non-hydrogen) atoms. The normalized spacial score (nSPS) is 13.1. The van der Waals surface area contributed by atoms with Crippen LogP contribution in [0.5, 0.6) is 5.75 Å². The van der Waals surface area contributed by atoms with Gasteiger partial charge in [0.1, 0.15) is 5.75 Å². The third-order valence-electron chi connectivity index (χ3n) is 3.14. The Bertz CT molecular complexity index is 684. The smallest absolute Gasteiger partial charge is 0.406 e. The van der Waals surface area contributed by atoms with Crippen LogP contribution in [0, 0.1) is 0 Å². The molecule has 0 aliphatic heterocycles. The van der Waals surface area contributed by atoms with Gasteiger partial charge >= 0.3 is 6.36 Å².